The van der Waals surface area contributed by atoms with Crippen LogP contribution in [-0.2, 0) is 13.5 Å². The summed E-state index contributed by atoms with van der Waals surface area (Å²) in [5, 5.41) is 15.2. The molecule has 6 nitrogen and oxygen atoms in total. The minimum atomic E-state index is -0.439. The van der Waals surface area contributed by atoms with E-state index in [1.165, 1.54) is 12.1 Å². The van der Waals surface area contributed by atoms with Crippen LogP contribution in [0.2, 0.25) is 0 Å². The number of nitro groups is 1. The molecule has 0 fully saturated rings. The van der Waals surface area contributed by atoms with Crippen LogP contribution < -0.4 is 0 Å². The Bertz CT molecular complexity index is 773. The molecule has 1 heterocycles. The summed E-state index contributed by atoms with van der Waals surface area (Å²) < 4.78 is 1.75. The van der Waals surface area contributed by atoms with E-state index in [9.17, 15) is 14.9 Å². The maximum atomic E-state index is 12.5. The Labute approximate surface area is 127 Å². The third kappa shape index (κ3) is 2.30. The smallest absolute Gasteiger partial charge is 0.269 e. The van der Waals surface area contributed by atoms with Crippen molar-refractivity contribution in [2.75, 3.05) is 0 Å². The van der Waals surface area contributed by atoms with Crippen LogP contribution in [0.3, 0.4) is 0 Å². The number of benzene rings is 1. The molecule has 1 aliphatic rings. The molecule has 0 N–H and O–H groups in total. The lowest BCUT2D eigenvalue weighted by Crippen LogP contribution is -2.27. The molecule has 22 heavy (non-hydrogen) atoms. The van der Waals surface area contributed by atoms with E-state index in [1.807, 2.05) is 7.05 Å². The van der Waals surface area contributed by atoms with Crippen LogP contribution in [0.15, 0.2) is 24.3 Å². The van der Waals surface area contributed by atoms with Crippen LogP contribution in [0.1, 0.15) is 36.3 Å². The Hall–Kier alpha value is -2.50. The lowest BCUT2D eigenvalue weighted by Gasteiger charge is -2.28. The third-order valence-corrected chi connectivity index (χ3v) is 4.08. The van der Waals surface area contributed by atoms with E-state index >= 15 is 0 Å². The van der Waals surface area contributed by atoms with Gasteiger partial charge in [0.2, 0.25) is 0 Å². The van der Waals surface area contributed by atoms with E-state index in [2.05, 4.69) is 18.9 Å². The molecular formula is C16H17N3O3. The van der Waals surface area contributed by atoms with Gasteiger partial charge in [-0.1, -0.05) is 13.8 Å². The molecule has 6 heteroatoms. The molecule has 0 atom stereocenters. The van der Waals surface area contributed by atoms with E-state index in [0.717, 1.165) is 17.7 Å². The first-order chi connectivity index (χ1) is 10.3. The number of rotatable bonds is 2. The van der Waals surface area contributed by atoms with Gasteiger partial charge in [-0.3, -0.25) is 19.6 Å². The number of Topliss-reactive ketones (excluding diaryl/α,β-unsaturated/α-hetero) is 1. The van der Waals surface area contributed by atoms with Gasteiger partial charge in [-0.05, 0) is 24.0 Å². The monoisotopic (exact) mass is 299 g/mol. The van der Waals surface area contributed by atoms with Gasteiger partial charge in [0.05, 0.1) is 16.2 Å². The van der Waals surface area contributed by atoms with Crippen molar-refractivity contribution in [1.29, 1.82) is 0 Å². The fourth-order valence-electron chi connectivity index (χ4n) is 3.04. The van der Waals surface area contributed by atoms with E-state index in [0.29, 0.717) is 17.7 Å². The number of hydrogen-bond donors (Lipinski definition) is 0. The molecule has 1 aliphatic carbocycles. The number of hydrogen-bond acceptors (Lipinski definition) is 4. The number of carbonyl (C=O) groups is 1. The fourth-order valence-corrected chi connectivity index (χ4v) is 3.04. The lowest BCUT2D eigenvalue weighted by atomic mass is 9.75. The van der Waals surface area contributed by atoms with Crippen LogP contribution in [0.4, 0.5) is 5.69 Å². The van der Waals surface area contributed by atoms with Gasteiger partial charge in [-0.15, -0.1) is 0 Å². The summed E-state index contributed by atoms with van der Waals surface area (Å²) in [6.45, 7) is 4.15. The quantitative estimate of drug-likeness (QED) is 0.630. The Morgan fingerprint density at radius 3 is 2.45 bits per heavy atom. The number of nitrogens with zero attached hydrogens (tertiary/aromatic N) is 3. The predicted octanol–water partition coefficient (Wildman–Crippen LogP) is 3.15. The van der Waals surface area contributed by atoms with Crippen LogP contribution in [-0.4, -0.2) is 20.5 Å². The van der Waals surface area contributed by atoms with E-state index in [4.69, 9.17) is 0 Å². The standard InChI is InChI=1S/C16H17N3O3/c1-16(2)8-12-14(13(20)9-16)15(17-18(12)3)10-4-6-11(7-5-10)19(21)22/h4-7H,8-9H2,1-3H3. The first-order valence-corrected chi connectivity index (χ1v) is 7.12. The molecule has 0 aliphatic heterocycles. The number of nitro benzene ring substituents is 1. The molecule has 0 spiro atoms. The molecule has 0 unspecified atom stereocenters. The van der Waals surface area contributed by atoms with E-state index < -0.39 is 4.92 Å². The number of fused-ring (bicyclic) bond motifs is 1. The Morgan fingerprint density at radius 2 is 1.86 bits per heavy atom. The minimum Gasteiger partial charge on any atom is -0.294 e. The van der Waals surface area contributed by atoms with Gasteiger partial charge in [0.25, 0.3) is 5.69 Å². The molecule has 0 amide bonds. The predicted molar refractivity (Wildman–Crippen MR) is 81.7 cm³/mol. The lowest BCUT2D eigenvalue weighted by molar-refractivity contribution is -0.384. The SMILES string of the molecule is Cn1nc(-c2ccc([N+](=O)[O-])cc2)c2c1CC(C)(C)CC2=O. The van der Waals surface area contributed by atoms with Gasteiger partial charge in [0.1, 0.15) is 5.69 Å². The van der Waals surface area contributed by atoms with Gasteiger partial charge >= 0.3 is 0 Å². The van der Waals surface area contributed by atoms with Crippen molar-refractivity contribution in [3.63, 3.8) is 0 Å². The Kier molecular flexibility index (Phi) is 3.12. The maximum absolute atomic E-state index is 12.5. The highest BCUT2D eigenvalue weighted by atomic mass is 16.6. The molecular weight excluding hydrogens is 282 g/mol. The van der Waals surface area contributed by atoms with Crippen molar-refractivity contribution in [1.82, 2.24) is 9.78 Å². The molecule has 2 aromatic rings. The van der Waals surface area contributed by atoms with Crippen molar-refractivity contribution in [3.05, 3.63) is 45.6 Å². The fraction of sp³-hybridized carbons (Fsp3) is 0.375. The molecule has 3 rings (SSSR count). The van der Waals surface area contributed by atoms with Crippen LogP contribution >= 0.6 is 0 Å². The Morgan fingerprint density at radius 1 is 1.23 bits per heavy atom. The molecule has 0 saturated carbocycles. The van der Waals surface area contributed by atoms with Crippen molar-refractivity contribution >= 4 is 11.5 Å². The zero-order chi connectivity index (χ0) is 16.1. The second-order valence-corrected chi connectivity index (χ2v) is 6.54. The van der Waals surface area contributed by atoms with Crippen molar-refractivity contribution in [2.45, 2.75) is 26.7 Å². The number of aryl methyl sites for hydroxylation is 1. The Balaban J connectivity index is 2.10. The van der Waals surface area contributed by atoms with Crippen molar-refractivity contribution in [2.24, 2.45) is 12.5 Å². The number of non-ortho nitro benzene ring substituents is 1. The average molecular weight is 299 g/mol. The molecule has 0 bridgehead atoms. The second-order valence-electron chi connectivity index (χ2n) is 6.54. The first-order valence-electron chi connectivity index (χ1n) is 7.12. The minimum absolute atomic E-state index is 0.0287. The summed E-state index contributed by atoms with van der Waals surface area (Å²) in [5.41, 5.74) is 2.92. The van der Waals surface area contributed by atoms with Gasteiger partial charge < -0.3 is 0 Å². The molecule has 0 saturated heterocycles. The zero-order valence-corrected chi connectivity index (χ0v) is 12.8. The number of ketones is 1. The summed E-state index contributed by atoms with van der Waals surface area (Å²) >= 11 is 0. The maximum Gasteiger partial charge on any atom is 0.269 e. The van der Waals surface area contributed by atoms with Crippen molar-refractivity contribution in [3.8, 4) is 11.3 Å². The van der Waals surface area contributed by atoms with Crippen molar-refractivity contribution < 1.29 is 9.72 Å². The summed E-state index contributed by atoms with van der Waals surface area (Å²) in [5.74, 6) is 0.0905. The number of aromatic nitrogens is 2. The highest BCUT2D eigenvalue weighted by Crippen LogP contribution is 2.38. The normalized spacial score (nSPS) is 16.4. The molecule has 1 aromatic carbocycles. The van der Waals surface area contributed by atoms with Gasteiger partial charge in [0, 0.05) is 31.2 Å². The largest absolute Gasteiger partial charge is 0.294 e. The number of carbonyl (C=O) groups excluding carboxylic acids is 1. The van der Waals surface area contributed by atoms with Gasteiger partial charge in [-0.2, -0.15) is 5.10 Å². The highest BCUT2D eigenvalue weighted by Gasteiger charge is 2.36. The summed E-state index contributed by atoms with van der Waals surface area (Å²) in [7, 11) is 1.84. The van der Waals surface area contributed by atoms with E-state index in [1.54, 1.807) is 16.8 Å². The molecule has 0 radical (unpaired) electrons. The highest BCUT2D eigenvalue weighted by molar-refractivity contribution is 6.04. The summed E-state index contributed by atoms with van der Waals surface area (Å²) in [6, 6.07) is 6.17. The molecule has 1 aromatic heterocycles. The van der Waals surface area contributed by atoms with Gasteiger partial charge in [-0.25, -0.2) is 0 Å². The summed E-state index contributed by atoms with van der Waals surface area (Å²) in [6.07, 6.45) is 1.29. The zero-order valence-electron chi connectivity index (χ0n) is 12.8. The second kappa shape index (κ2) is 4.76. The third-order valence-electron chi connectivity index (χ3n) is 4.08. The van der Waals surface area contributed by atoms with E-state index in [-0.39, 0.29) is 16.9 Å². The van der Waals surface area contributed by atoms with Crippen LogP contribution in [0.5, 0.6) is 0 Å². The topological polar surface area (TPSA) is 78.0 Å². The van der Waals surface area contributed by atoms with Crippen LogP contribution in [0, 0.1) is 15.5 Å². The first kappa shape index (κ1) is 14.4. The van der Waals surface area contributed by atoms with Crippen LogP contribution in [0.25, 0.3) is 11.3 Å². The average Bonchev–Trinajstić information content (AvgIpc) is 2.75. The molecule has 114 valence electrons. The van der Waals surface area contributed by atoms with Gasteiger partial charge in [0.15, 0.2) is 5.78 Å². The summed E-state index contributed by atoms with van der Waals surface area (Å²) in [4.78, 5) is 22.8.